The molecule has 0 aromatic carbocycles. The first-order valence-corrected chi connectivity index (χ1v) is 36.9. The molecule has 4 fully saturated rings. The summed E-state index contributed by atoms with van der Waals surface area (Å²) >= 11 is 0. The van der Waals surface area contributed by atoms with Crippen molar-refractivity contribution in [1.82, 2.24) is 10.6 Å². The predicted molar refractivity (Wildman–Crippen MR) is 354 cm³/mol. The van der Waals surface area contributed by atoms with E-state index in [1.54, 1.807) is 6.08 Å². The van der Waals surface area contributed by atoms with Gasteiger partial charge in [0.05, 0.1) is 45.2 Å². The number of rotatable bonds is 53. The number of carbonyl (C=O) groups excluding carboxylic acids is 2. The molecule has 4 aliphatic heterocycles. The number of aliphatic hydroxyl groups is 13. The van der Waals surface area contributed by atoms with E-state index >= 15 is 0 Å². The largest absolute Gasteiger partial charge is 0.394 e. The molecule has 0 radical (unpaired) electrons. The molecule has 22 atom stereocenters. The Labute approximate surface area is 566 Å². The molecule has 0 aromatic heterocycles. The molecule has 0 aromatic rings. The number of hydrogen-bond acceptors (Lipinski definition) is 23. The van der Waals surface area contributed by atoms with Gasteiger partial charge in [-0.15, -0.1) is 0 Å². The Morgan fingerprint density at radius 1 is 0.411 bits per heavy atom. The fraction of sp³-hybridized carbons (Fsp3) is 0.943. The van der Waals surface area contributed by atoms with Crippen LogP contribution in [0.3, 0.4) is 0 Å². The Kier molecular flexibility index (Phi) is 45.1. The number of aliphatic hydroxyl groups excluding tert-OH is 13. The topological polar surface area (TPSA) is 395 Å². The fourth-order valence-electron chi connectivity index (χ4n) is 13.1. The molecule has 25 heteroatoms. The number of ether oxygens (including phenoxy) is 8. The molecule has 558 valence electrons. The molecule has 0 bridgehead atoms. The average Bonchev–Trinajstić information content (AvgIpc) is 0.784. The highest BCUT2D eigenvalue weighted by atomic mass is 16.8. The predicted octanol–water partition coefficient (Wildman–Crippen LogP) is 4.90. The first-order chi connectivity index (χ1) is 46.0. The molecule has 25 nitrogen and oxygen atoms in total. The van der Waals surface area contributed by atoms with Crippen LogP contribution in [0, 0.1) is 0 Å². The summed E-state index contributed by atoms with van der Waals surface area (Å²) in [4.78, 5) is 25.5. The van der Waals surface area contributed by atoms with Crippen molar-refractivity contribution in [1.29, 1.82) is 0 Å². The van der Waals surface area contributed by atoms with E-state index < -0.39 is 174 Å². The highest BCUT2D eigenvalue weighted by Crippen LogP contribution is 2.35. The minimum atomic E-state index is -2.10. The summed E-state index contributed by atoms with van der Waals surface area (Å²) in [6.45, 7) is 1.65. The van der Waals surface area contributed by atoms with Crippen LogP contribution in [-0.4, -0.2) is 246 Å². The Morgan fingerprint density at radius 2 is 0.768 bits per heavy atom. The van der Waals surface area contributed by atoms with E-state index in [1.807, 2.05) is 6.08 Å². The van der Waals surface area contributed by atoms with Gasteiger partial charge in [0, 0.05) is 13.3 Å². The maximum absolute atomic E-state index is 13.5. The van der Waals surface area contributed by atoms with Gasteiger partial charge in [0.1, 0.15) is 97.6 Å². The number of allylic oxidation sites excluding steroid dienone is 1. The van der Waals surface area contributed by atoms with Gasteiger partial charge < -0.3 is 115 Å². The van der Waals surface area contributed by atoms with E-state index in [1.165, 1.54) is 173 Å². The van der Waals surface area contributed by atoms with Crippen molar-refractivity contribution in [2.24, 2.45) is 0 Å². The Balaban J connectivity index is 1.27. The van der Waals surface area contributed by atoms with Crippen LogP contribution in [0.5, 0.6) is 0 Å². The van der Waals surface area contributed by atoms with Crippen molar-refractivity contribution in [3.05, 3.63) is 12.2 Å². The summed E-state index contributed by atoms with van der Waals surface area (Å²) in [6.07, 6.45) is 11.3. The molecule has 4 rings (SSSR count). The molecular weight excluding hydrogens is 1240 g/mol. The minimum Gasteiger partial charge on any atom is -0.394 e. The summed E-state index contributed by atoms with van der Waals surface area (Å²) in [5.41, 5.74) is 0. The number of carbonyl (C=O) groups is 2. The van der Waals surface area contributed by atoms with Crippen molar-refractivity contribution >= 4 is 11.8 Å². The van der Waals surface area contributed by atoms with Crippen LogP contribution < -0.4 is 10.6 Å². The molecule has 4 aliphatic rings. The third-order valence-electron chi connectivity index (χ3n) is 19.1. The number of nitrogens with one attached hydrogen (secondary N) is 2. The smallest absolute Gasteiger partial charge is 0.220 e. The van der Waals surface area contributed by atoms with Crippen LogP contribution in [0.2, 0.25) is 0 Å². The number of amides is 2. The van der Waals surface area contributed by atoms with Crippen molar-refractivity contribution in [3.8, 4) is 0 Å². The van der Waals surface area contributed by atoms with Gasteiger partial charge >= 0.3 is 0 Å². The molecule has 1 unspecified atom stereocenters. The van der Waals surface area contributed by atoms with Crippen molar-refractivity contribution in [3.63, 3.8) is 0 Å². The third kappa shape index (κ3) is 30.9. The molecule has 15 N–H and O–H groups in total. The van der Waals surface area contributed by atoms with E-state index in [4.69, 9.17) is 37.9 Å². The lowest BCUT2D eigenvalue weighted by atomic mass is 9.95. The van der Waals surface area contributed by atoms with Crippen LogP contribution in [0.15, 0.2) is 12.2 Å². The van der Waals surface area contributed by atoms with Crippen molar-refractivity contribution in [2.75, 3.05) is 33.0 Å². The molecule has 95 heavy (non-hydrogen) atoms. The lowest BCUT2D eigenvalue weighted by Gasteiger charge is -2.49. The first-order valence-electron chi connectivity index (χ1n) is 36.9. The van der Waals surface area contributed by atoms with Gasteiger partial charge in [-0.05, 0) is 19.3 Å². The summed E-state index contributed by atoms with van der Waals surface area (Å²) in [5, 5.41) is 148. The fourth-order valence-corrected chi connectivity index (χ4v) is 13.1. The summed E-state index contributed by atoms with van der Waals surface area (Å²) < 4.78 is 46.5. The second-order valence-electron chi connectivity index (χ2n) is 27.1. The maximum atomic E-state index is 13.5. The molecule has 4 heterocycles. The second-order valence-corrected chi connectivity index (χ2v) is 27.1. The molecule has 0 spiro atoms. The summed E-state index contributed by atoms with van der Waals surface area (Å²) in [5.74, 6) is -0.998. The zero-order valence-electron chi connectivity index (χ0n) is 57.7. The molecule has 4 saturated heterocycles. The highest BCUT2D eigenvalue weighted by Gasteiger charge is 2.56. The van der Waals surface area contributed by atoms with Crippen molar-refractivity contribution < 1.29 is 114 Å². The van der Waals surface area contributed by atoms with Crippen molar-refractivity contribution in [2.45, 2.75) is 387 Å². The van der Waals surface area contributed by atoms with Crippen LogP contribution in [-0.2, 0) is 47.5 Å². The number of unbranched alkanes of at least 4 members (excludes halogenated alkanes) is 33. The third-order valence-corrected chi connectivity index (χ3v) is 19.1. The molecule has 0 aliphatic carbocycles. The minimum absolute atomic E-state index is 0.219. The second kappa shape index (κ2) is 50.2. The standard InChI is InChI=1S/C70H130N2O23/c1-4-6-8-10-12-14-16-18-19-20-21-22-23-24-25-26-27-29-31-33-35-37-39-41-54(79)72-48(49(78)40-38-36-34-32-30-28-17-15-13-11-9-7-5-2)46-88-68-61(85)59(83)64(52(44-75)91-68)93-69-62(86)60(84)65(53(45-76)92-69)94-70-63(87)66(57(81)51(43-74)90-70)95-67-55(71-47(3)77)58(82)56(80)50(42-73)89-67/h38,40,48-53,55-70,73-76,78,80-87H,4-37,39,41-46H2,1-3H3,(H,71,77)(H,72,79)/b40-38+/t48-,49+,50+,51+,52+,53+,55+,56-,57-,58+,59+,60+,61?,62+,63+,64+,65-,66-,67-,68+,69-,70+/m0/s1. The average molecular weight is 1370 g/mol. The Bertz CT molecular complexity index is 1970. The van der Waals surface area contributed by atoms with Crippen LogP contribution >= 0.6 is 0 Å². The number of hydrogen-bond donors (Lipinski definition) is 15. The molecule has 2 amide bonds. The SMILES string of the molecule is CCCCCCCCCCCCC/C=C/[C@@H](O)[C@H](CO[C@@H]1O[C@H](CO)[C@@H](O[C@@H]2O[C@H](CO)[C@H](O[C@H]3O[C@H](CO)[C@H](O)[C@H](O[C@@H]4O[C@H](CO)[C@H](O)[C@H](O)[C@H]4NC(C)=O)[C@H]3O)[C@H](O)[C@H]2O)[C@H](O)C1O)NC(=O)CCCCCCCCCCCCCCCCCCCCCCCCC. The van der Waals surface area contributed by atoms with Gasteiger partial charge in [-0.1, -0.05) is 231 Å². The maximum Gasteiger partial charge on any atom is 0.220 e. The zero-order valence-corrected chi connectivity index (χ0v) is 57.7. The quantitative estimate of drug-likeness (QED) is 0.0284. The van der Waals surface area contributed by atoms with E-state index in [0.29, 0.717) is 12.8 Å². The summed E-state index contributed by atoms with van der Waals surface area (Å²) in [7, 11) is 0. The van der Waals surface area contributed by atoms with Gasteiger partial charge in [0.15, 0.2) is 25.2 Å². The highest BCUT2D eigenvalue weighted by molar-refractivity contribution is 5.76. The van der Waals surface area contributed by atoms with E-state index in [-0.39, 0.29) is 12.3 Å². The lowest BCUT2D eigenvalue weighted by molar-refractivity contribution is -0.386. The summed E-state index contributed by atoms with van der Waals surface area (Å²) in [6, 6.07) is -2.53. The van der Waals surface area contributed by atoms with E-state index in [9.17, 15) is 76.0 Å². The van der Waals surface area contributed by atoms with Crippen LogP contribution in [0.1, 0.15) is 252 Å². The molecule has 0 saturated carbocycles. The van der Waals surface area contributed by atoms with Gasteiger partial charge in [0.25, 0.3) is 0 Å². The van der Waals surface area contributed by atoms with E-state index in [0.717, 1.165) is 45.4 Å². The van der Waals surface area contributed by atoms with Gasteiger partial charge in [0.2, 0.25) is 11.8 Å². The zero-order chi connectivity index (χ0) is 69.3. The monoisotopic (exact) mass is 1370 g/mol. The van der Waals surface area contributed by atoms with Crippen LogP contribution in [0.4, 0.5) is 0 Å². The first kappa shape index (κ1) is 85.3. The van der Waals surface area contributed by atoms with Gasteiger partial charge in [-0.25, -0.2) is 0 Å². The molecular formula is C70H130N2O23. The Morgan fingerprint density at radius 3 is 1.20 bits per heavy atom. The van der Waals surface area contributed by atoms with Gasteiger partial charge in [-0.2, -0.15) is 0 Å². The van der Waals surface area contributed by atoms with Gasteiger partial charge in [-0.3, -0.25) is 9.59 Å². The lowest BCUT2D eigenvalue weighted by Crippen LogP contribution is -2.69. The van der Waals surface area contributed by atoms with Crippen LogP contribution in [0.25, 0.3) is 0 Å². The van der Waals surface area contributed by atoms with E-state index in [2.05, 4.69) is 24.5 Å². The Hall–Kier alpha value is -2.16. The normalized spacial score (nSPS) is 32.0.